The molecule has 0 saturated heterocycles. The summed E-state index contributed by atoms with van der Waals surface area (Å²) in [6.07, 6.45) is 1.75. The zero-order valence-corrected chi connectivity index (χ0v) is 10.4. The number of ether oxygens (including phenoxy) is 2. The van der Waals surface area contributed by atoms with E-state index in [4.69, 9.17) is 15.2 Å². The van der Waals surface area contributed by atoms with E-state index in [0.29, 0.717) is 6.61 Å². The van der Waals surface area contributed by atoms with Crippen molar-refractivity contribution in [1.29, 1.82) is 0 Å². The van der Waals surface area contributed by atoms with Gasteiger partial charge in [0.25, 0.3) is 0 Å². The maximum Gasteiger partial charge on any atom is 0.234 e. The van der Waals surface area contributed by atoms with Crippen LogP contribution in [0.5, 0.6) is 11.5 Å². The standard InChI is InChI=1S/C13H18N2O3/c1-17-9-4-5-10-11(15-13(16)8-14)3-2-6-18-12(10)7-9/h4-5,7,11H,2-3,6,8,14H2,1H3,(H,15,16). The molecule has 1 amide bonds. The molecule has 0 saturated carbocycles. The van der Waals surface area contributed by atoms with Crippen molar-refractivity contribution >= 4 is 5.91 Å². The molecule has 0 aromatic heterocycles. The second-order valence-corrected chi connectivity index (χ2v) is 4.22. The molecule has 1 aliphatic rings. The van der Waals surface area contributed by atoms with Crippen molar-refractivity contribution < 1.29 is 14.3 Å². The Hall–Kier alpha value is -1.75. The van der Waals surface area contributed by atoms with Crippen LogP contribution in [0.1, 0.15) is 24.4 Å². The molecule has 98 valence electrons. The average molecular weight is 250 g/mol. The summed E-state index contributed by atoms with van der Waals surface area (Å²) in [5, 5.41) is 2.92. The van der Waals surface area contributed by atoms with Gasteiger partial charge in [-0.05, 0) is 25.0 Å². The summed E-state index contributed by atoms with van der Waals surface area (Å²) in [7, 11) is 1.62. The molecule has 5 heteroatoms. The second-order valence-electron chi connectivity index (χ2n) is 4.22. The van der Waals surface area contributed by atoms with Gasteiger partial charge in [-0.25, -0.2) is 0 Å². The SMILES string of the molecule is COc1ccc2c(c1)OCCCC2NC(=O)CN. The van der Waals surface area contributed by atoms with E-state index >= 15 is 0 Å². The number of fused-ring (bicyclic) bond motifs is 1. The third kappa shape index (κ3) is 2.73. The number of nitrogens with two attached hydrogens (primary N) is 1. The molecule has 1 aromatic carbocycles. The van der Waals surface area contributed by atoms with Gasteiger partial charge >= 0.3 is 0 Å². The van der Waals surface area contributed by atoms with Gasteiger partial charge in [0, 0.05) is 11.6 Å². The number of amides is 1. The molecular weight excluding hydrogens is 232 g/mol. The molecular formula is C13H18N2O3. The summed E-state index contributed by atoms with van der Waals surface area (Å²) in [5.41, 5.74) is 6.31. The fourth-order valence-electron chi connectivity index (χ4n) is 2.08. The van der Waals surface area contributed by atoms with E-state index in [-0.39, 0.29) is 18.5 Å². The third-order valence-electron chi connectivity index (χ3n) is 3.01. The van der Waals surface area contributed by atoms with Crippen molar-refractivity contribution in [2.45, 2.75) is 18.9 Å². The quantitative estimate of drug-likeness (QED) is 0.838. The van der Waals surface area contributed by atoms with Crippen LogP contribution in [0.4, 0.5) is 0 Å². The van der Waals surface area contributed by atoms with Crippen LogP contribution in [0.15, 0.2) is 18.2 Å². The van der Waals surface area contributed by atoms with Crippen molar-refractivity contribution in [2.75, 3.05) is 20.3 Å². The number of benzene rings is 1. The van der Waals surface area contributed by atoms with Gasteiger partial charge in [0.05, 0.1) is 26.3 Å². The molecule has 0 fully saturated rings. The number of rotatable bonds is 3. The molecule has 0 aliphatic carbocycles. The zero-order valence-electron chi connectivity index (χ0n) is 10.4. The summed E-state index contributed by atoms with van der Waals surface area (Å²) in [6, 6.07) is 5.61. The highest BCUT2D eigenvalue weighted by Gasteiger charge is 2.21. The van der Waals surface area contributed by atoms with Crippen molar-refractivity contribution in [2.24, 2.45) is 5.73 Å². The smallest absolute Gasteiger partial charge is 0.234 e. The average Bonchev–Trinajstić information content (AvgIpc) is 2.60. The Bertz CT molecular complexity index is 434. The number of hydrogen-bond acceptors (Lipinski definition) is 4. The second kappa shape index (κ2) is 5.73. The van der Waals surface area contributed by atoms with Crippen LogP contribution in [0, 0.1) is 0 Å². The Morgan fingerprint density at radius 2 is 2.44 bits per heavy atom. The van der Waals surface area contributed by atoms with E-state index in [9.17, 15) is 4.79 Å². The van der Waals surface area contributed by atoms with Crippen molar-refractivity contribution in [3.63, 3.8) is 0 Å². The fraction of sp³-hybridized carbons (Fsp3) is 0.462. The zero-order chi connectivity index (χ0) is 13.0. The largest absolute Gasteiger partial charge is 0.497 e. The van der Waals surface area contributed by atoms with E-state index < -0.39 is 0 Å². The van der Waals surface area contributed by atoms with E-state index in [1.165, 1.54) is 0 Å². The molecule has 0 spiro atoms. The molecule has 1 aliphatic heterocycles. The monoisotopic (exact) mass is 250 g/mol. The van der Waals surface area contributed by atoms with Gasteiger partial charge in [-0.15, -0.1) is 0 Å². The molecule has 1 unspecified atom stereocenters. The molecule has 0 bridgehead atoms. The van der Waals surface area contributed by atoms with Crippen molar-refractivity contribution in [3.05, 3.63) is 23.8 Å². The van der Waals surface area contributed by atoms with Crippen LogP contribution in [0.25, 0.3) is 0 Å². The lowest BCUT2D eigenvalue weighted by Crippen LogP contribution is -2.33. The maximum atomic E-state index is 11.4. The van der Waals surface area contributed by atoms with Crippen LogP contribution < -0.4 is 20.5 Å². The first-order valence-electron chi connectivity index (χ1n) is 6.04. The normalized spacial score (nSPS) is 18.2. The van der Waals surface area contributed by atoms with Crippen LogP contribution >= 0.6 is 0 Å². The summed E-state index contributed by atoms with van der Waals surface area (Å²) in [4.78, 5) is 11.4. The van der Waals surface area contributed by atoms with Gasteiger partial charge in [0.15, 0.2) is 0 Å². The minimum Gasteiger partial charge on any atom is -0.497 e. The topological polar surface area (TPSA) is 73.6 Å². The van der Waals surface area contributed by atoms with E-state index in [1.54, 1.807) is 7.11 Å². The van der Waals surface area contributed by atoms with E-state index in [1.807, 2.05) is 18.2 Å². The van der Waals surface area contributed by atoms with Crippen molar-refractivity contribution in [3.8, 4) is 11.5 Å². The van der Waals surface area contributed by atoms with Crippen molar-refractivity contribution in [1.82, 2.24) is 5.32 Å². The summed E-state index contributed by atoms with van der Waals surface area (Å²) in [6.45, 7) is 0.651. The number of hydrogen-bond donors (Lipinski definition) is 2. The van der Waals surface area contributed by atoms with E-state index in [2.05, 4.69) is 5.32 Å². The van der Waals surface area contributed by atoms with Crippen LogP contribution in [0.2, 0.25) is 0 Å². The Labute approximate surface area is 106 Å². The lowest BCUT2D eigenvalue weighted by molar-refractivity contribution is -0.120. The first kappa shape index (κ1) is 12.7. The van der Waals surface area contributed by atoms with Gasteiger partial charge in [-0.3, -0.25) is 4.79 Å². The van der Waals surface area contributed by atoms with Crippen LogP contribution in [-0.4, -0.2) is 26.2 Å². The minimum absolute atomic E-state index is 0.00282. The molecule has 2 rings (SSSR count). The van der Waals surface area contributed by atoms with Gasteiger partial charge in [0.1, 0.15) is 11.5 Å². The first-order chi connectivity index (χ1) is 8.74. The Morgan fingerprint density at radius 1 is 1.61 bits per heavy atom. The van der Waals surface area contributed by atoms with Gasteiger partial charge < -0.3 is 20.5 Å². The first-order valence-corrected chi connectivity index (χ1v) is 6.04. The van der Waals surface area contributed by atoms with Gasteiger partial charge in [0.2, 0.25) is 5.91 Å². The Balaban J connectivity index is 2.26. The predicted octanol–water partition coefficient (Wildman–Crippen LogP) is 0.984. The molecule has 3 N–H and O–H groups in total. The van der Waals surface area contributed by atoms with Gasteiger partial charge in [-0.2, -0.15) is 0 Å². The molecule has 1 atom stereocenters. The fourth-order valence-corrected chi connectivity index (χ4v) is 2.08. The summed E-state index contributed by atoms with van der Waals surface area (Å²) >= 11 is 0. The summed E-state index contributed by atoms with van der Waals surface area (Å²) < 4.78 is 10.8. The number of methoxy groups -OCH3 is 1. The van der Waals surface area contributed by atoms with Gasteiger partial charge in [-0.1, -0.05) is 0 Å². The lowest BCUT2D eigenvalue weighted by Gasteiger charge is -2.18. The van der Waals surface area contributed by atoms with E-state index in [0.717, 1.165) is 29.9 Å². The Morgan fingerprint density at radius 3 is 3.17 bits per heavy atom. The van der Waals surface area contributed by atoms with Crippen LogP contribution in [-0.2, 0) is 4.79 Å². The van der Waals surface area contributed by atoms with Crippen LogP contribution in [0.3, 0.4) is 0 Å². The summed E-state index contributed by atoms with van der Waals surface area (Å²) in [5.74, 6) is 1.37. The highest BCUT2D eigenvalue weighted by molar-refractivity contribution is 5.78. The minimum atomic E-state index is -0.149. The lowest BCUT2D eigenvalue weighted by atomic mass is 10.0. The number of carbonyl (C=O) groups excluding carboxylic acids is 1. The Kier molecular flexibility index (Phi) is 4.04. The molecule has 1 aromatic rings. The predicted molar refractivity (Wildman–Crippen MR) is 67.7 cm³/mol. The third-order valence-corrected chi connectivity index (χ3v) is 3.01. The highest BCUT2D eigenvalue weighted by Crippen LogP contribution is 2.34. The molecule has 5 nitrogen and oxygen atoms in total. The number of nitrogens with one attached hydrogen (secondary N) is 1. The molecule has 1 heterocycles. The highest BCUT2D eigenvalue weighted by atomic mass is 16.5. The maximum absolute atomic E-state index is 11.4. The molecule has 18 heavy (non-hydrogen) atoms. The molecule has 0 radical (unpaired) electrons. The number of carbonyl (C=O) groups is 1.